The van der Waals surface area contributed by atoms with Crippen molar-refractivity contribution in [3.63, 3.8) is 0 Å². The molecule has 8 nitrogen and oxygen atoms in total. The van der Waals surface area contributed by atoms with Gasteiger partial charge in [-0.05, 0) is 24.3 Å². The zero-order chi connectivity index (χ0) is 19.4. The summed E-state index contributed by atoms with van der Waals surface area (Å²) in [5, 5.41) is 2.48. The van der Waals surface area contributed by atoms with E-state index >= 15 is 0 Å². The van der Waals surface area contributed by atoms with Crippen molar-refractivity contribution < 1.29 is 27.1 Å². The minimum Gasteiger partial charge on any atom is -0.481 e. The number of methoxy groups -OCH3 is 1. The summed E-state index contributed by atoms with van der Waals surface area (Å²) >= 11 is 0. The Bertz CT molecular complexity index is 928. The molecule has 0 unspecified atom stereocenters. The molecule has 1 aliphatic heterocycles. The van der Waals surface area contributed by atoms with Crippen LogP contribution in [0.1, 0.15) is 10.4 Å². The lowest BCUT2D eigenvalue weighted by molar-refractivity contribution is 0.0730. The number of nitrogens with zero attached hydrogens (tertiary/aromatic N) is 2. The molecule has 3 rings (SSSR count). The molecule has 1 aromatic carbocycles. The number of anilines is 1. The number of carbonyl (C=O) groups excluding carboxylic acids is 1. The van der Waals surface area contributed by atoms with E-state index in [2.05, 4.69) is 10.3 Å². The van der Waals surface area contributed by atoms with Gasteiger partial charge in [0.15, 0.2) is 0 Å². The van der Waals surface area contributed by atoms with Gasteiger partial charge in [0.2, 0.25) is 15.9 Å². The standard InChI is InChI=1S/C17H18FN3O5S/c1-25-16-5-2-12(11-19-16)20-17(22)14-10-13(3-4-15(14)18)27(23,24)21-6-8-26-9-7-21/h2-5,10-11H,6-9H2,1H3,(H,20,22). The van der Waals surface area contributed by atoms with Crippen LogP contribution in [-0.4, -0.2) is 57.0 Å². The first-order valence-corrected chi connectivity index (χ1v) is 9.54. The molecule has 10 heteroatoms. The third kappa shape index (κ3) is 4.24. The van der Waals surface area contributed by atoms with Gasteiger partial charge >= 0.3 is 0 Å². The van der Waals surface area contributed by atoms with Crippen molar-refractivity contribution in [3.8, 4) is 5.88 Å². The number of benzene rings is 1. The van der Waals surface area contributed by atoms with Gasteiger partial charge in [-0.25, -0.2) is 17.8 Å². The number of aromatic nitrogens is 1. The molecule has 1 aliphatic rings. The summed E-state index contributed by atoms with van der Waals surface area (Å²) in [7, 11) is -2.38. The van der Waals surface area contributed by atoms with Gasteiger partial charge in [0.05, 0.1) is 42.7 Å². The molecule has 1 fully saturated rings. The average molecular weight is 395 g/mol. The first-order chi connectivity index (χ1) is 12.9. The summed E-state index contributed by atoms with van der Waals surface area (Å²) in [4.78, 5) is 16.2. The second kappa shape index (κ2) is 7.99. The van der Waals surface area contributed by atoms with Gasteiger partial charge in [-0.3, -0.25) is 4.79 Å². The number of hydrogen-bond acceptors (Lipinski definition) is 6. The quantitative estimate of drug-likeness (QED) is 0.824. The number of ether oxygens (including phenoxy) is 2. The van der Waals surface area contributed by atoms with Gasteiger partial charge in [0, 0.05) is 19.2 Å². The van der Waals surface area contributed by atoms with Gasteiger partial charge in [-0.1, -0.05) is 0 Å². The molecular weight excluding hydrogens is 377 g/mol. The second-order valence-corrected chi connectivity index (χ2v) is 7.64. The van der Waals surface area contributed by atoms with Crippen molar-refractivity contribution in [2.24, 2.45) is 0 Å². The van der Waals surface area contributed by atoms with E-state index in [-0.39, 0.29) is 36.8 Å². The first kappa shape index (κ1) is 19.2. The number of amides is 1. The van der Waals surface area contributed by atoms with Crippen LogP contribution in [0.25, 0.3) is 0 Å². The minimum absolute atomic E-state index is 0.149. The monoisotopic (exact) mass is 395 g/mol. The van der Waals surface area contributed by atoms with E-state index < -0.39 is 21.7 Å². The third-order valence-electron chi connectivity index (χ3n) is 3.99. The molecule has 1 N–H and O–H groups in total. The highest BCUT2D eigenvalue weighted by atomic mass is 32.2. The van der Waals surface area contributed by atoms with Crippen molar-refractivity contribution in [1.82, 2.24) is 9.29 Å². The maximum atomic E-state index is 14.1. The van der Waals surface area contributed by atoms with Gasteiger partial charge in [-0.2, -0.15) is 4.31 Å². The molecule has 0 atom stereocenters. The third-order valence-corrected chi connectivity index (χ3v) is 5.89. The first-order valence-electron chi connectivity index (χ1n) is 8.10. The van der Waals surface area contributed by atoms with Crippen molar-refractivity contribution >= 4 is 21.6 Å². The maximum Gasteiger partial charge on any atom is 0.258 e. The minimum atomic E-state index is -3.84. The molecule has 1 saturated heterocycles. The smallest absolute Gasteiger partial charge is 0.258 e. The van der Waals surface area contributed by atoms with Gasteiger partial charge in [0.25, 0.3) is 5.91 Å². The lowest BCUT2D eigenvalue weighted by Crippen LogP contribution is -2.40. The van der Waals surface area contributed by atoms with E-state index in [9.17, 15) is 17.6 Å². The normalized spacial score (nSPS) is 15.3. The Balaban J connectivity index is 1.84. The molecule has 2 heterocycles. The SMILES string of the molecule is COc1ccc(NC(=O)c2cc(S(=O)(=O)N3CCOCC3)ccc2F)cn1. The molecule has 1 aromatic heterocycles. The largest absolute Gasteiger partial charge is 0.481 e. The van der Waals surface area contributed by atoms with Crippen molar-refractivity contribution in [1.29, 1.82) is 0 Å². The predicted octanol–water partition coefficient (Wildman–Crippen LogP) is 1.50. The van der Waals surface area contributed by atoms with Gasteiger partial charge in [-0.15, -0.1) is 0 Å². The molecule has 0 saturated carbocycles. The highest BCUT2D eigenvalue weighted by Gasteiger charge is 2.28. The fraction of sp³-hybridized carbons (Fsp3) is 0.294. The zero-order valence-electron chi connectivity index (χ0n) is 14.5. The van der Waals surface area contributed by atoms with Gasteiger partial charge in [0.1, 0.15) is 5.82 Å². The number of halogens is 1. The van der Waals surface area contributed by atoms with Crippen LogP contribution < -0.4 is 10.1 Å². The lowest BCUT2D eigenvalue weighted by Gasteiger charge is -2.26. The van der Waals surface area contributed by atoms with Crippen LogP contribution in [0.2, 0.25) is 0 Å². The van der Waals surface area contributed by atoms with E-state index in [1.165, 1.54) is 29.7 Å². The Morgan fingerprint density at radius 2 is 2.00 bits per heavy atom. The number of nitrogens with one attached hydrogen (secondary N) is 1. The predicted molar refractivity (Wildman–Crippen MR) is 94.7 cm³/mol. The summed E-state index contributed by atoms with van der Waals surface area (Å²) < 4.78 is 50.9. The fourth-order valence-electron chi connectivity index (χ4n) is 2.55. The summed E-state index contributed by atoms with van der Waals surface area (Å²) in [6, 6.07) is 6.22. The Morgan fingerprint density at radius 3 is 2.63 bits per heavy atom. The lowest BCUT2D eigenvalue weighted by atomic mass is 10.2. The summed E-state index contributed by atoms with van der Waals surface area (Å²) in [5.41, 5.74) is -0.0539. The molecule has 27 heavy (non-hydrogen) atoms. The maximum absolute atomic E-state index is 14.1. The van der Waals surface area contributed by atoms with Crippen LogP contribution in [-0.2, 0) is 14.8 Å². The molecular formula is C17H18FN3O5S. The molecule has 0 spiro atoms. The van der Waals surface area contributed by atoms with Crippen molar-refractivity contribution in [3.05, 3.63) is 47.9 Å². The highest BCUT2D eigenvalue weighted by molar-refractivity contribution is 7.89. The number of rotatable bonds is 5. The van der Waals surface area contributed by atoms with E-state index in [4.69, 9.17) is 9.47 Å². The van der Waals surface area contributed by atoms with E-state index in [0.717, 1.165) is 18.2 Å². The van der Waals surface area contributed by atoms with Crippen molar-refractivity contribution in [2.75, 3.05) is 38.7 Å². The number of sulfonamides is 1. The highest BCUT2D eigenvalue weighted by Crippen LogP contribution is 2.21. The molecule has 2 aromatic rings. The molecule has 1 amide bonds. The molecule has 0 radical (unpaired) electrons. The van der Waals surface area contributed by atoms with Crippen LogP contribution in [0, 0.1) is 5.82 Å². The summed E-state index contributed by atoms with van der Waals surface area (Å²) in [6.07, 6.45) is 1.35. The van der Waals surface area contributed by atoms with Crippen LogP contribution in [0.15, 0.2) is 41.4 Å². The van der Waals surface area contributed by atoms with E-state index in [1.54, 1.807) is 0 Å². The second-order valence-electron chi connectivity index (χ2n) is 5.70. The Hall–Kier alpha value is -2.56. The Morgan fingerprint density at radius 1 is 1.26 bits per heavy atom. The average Bonchev–Trinajstić information content (AvgIpc) is 2.69. The van der Waals surface area contributed by atoms with Crippen LogP contribution in [0.3, 0.4) is 0 Å². The Kier molecular flexibility index (Phi) is 5.68. The fourth-order valence-corrected chi connectivity index (χ4v) is 3.98. The van der Waals surface area contributed by atoms with E-state index in [1.807, 2.05) is 0 Å². The Labute approximate surface area is 156 Å². The number of carbonyl (C=O) groups is 1. The van der Waals surface area contributed by atoms with Crippen molar-refractivity contribution in [2.45, 2.75) is 4.90 Å². The molecule has 0 aliphatic carbocycles. The molecule has 144 valence electrons. The van der Waals surface area contributed by atoms with Crippen LogP contribution in [0.5, 0.6) is 5.88 Å². The number of hydrogen-bond donors (Lipinski definition) is 1. The zero-order valence-corrected chi connectivity index (χ0v) is 15.3. The van der Waals surface area contributed by atoms with Gasteiger partial charge < -0.3 is 14.8 Å². The molecule has 0 bridgehead atoms. The van der Waals surface area contributed by atoms with Crippen LogP contribution in [0.4, 0.5) is 10.1 Å². The number of pyridine rings is 1. The number of morpholine rings is 1. The topological polar surface area (TPSA) is 97.8 Å². The summed E-state index contributed by atoms with van der Waals surface area (Å²) in [5.74, 6) is -1.24. The van der Waals surface area contributed by atoms with Crippen LogP contribution >= 0.6 is 0 Å². The summed E-state index contributed by atoms with van der Waals surface area (Å²) in [6.45, 7) is 0.994. The van der Waals surface area contributed by atoms with E-state index in [0.29, 0.717) is 11.6 Å².